The second-order valence-corrected chi connectivity index (χ2v) is 5.55. The van der Waals surface area contributed by atoms with E-state index in [1.807, 2.05) is 41.3 Å². The van der Waals surface area contributed by atoms with Crippen LogP contribution >= 0.6 is 0 Å². The molecule has 0 atom stereocenters. The van der Waals surface area contributed by atoms with Crippen LogP contribution in [-0.4, -0.2) is 31.2 Å². The van der Waals surface area contributed by atoms with Gasteiger partial charge in [0.05, 0.1) is 20.6 Å². The Morgan fingerprint density at radius 3 is 2.57 bits per heavy atom. The van der Waals surface area contributed by atoms with Crippen molar-refractivity contribution in [2.75, 3.05) is 19.1 Å². The number of anilines is 1. The first-order valence-corrected chi connectivity index (χ1v) is 7.67. The van der Waals surface area contributed by atoms with E-state index in [1.165, 1.54) is 0 Å². The third-order valence-corrected chi connectivity index (χ3v) is 3.88. The van der Waals surface area contributed by atoms with Crippen molar-refractivity contribution in [3.63, 3.8) is 0 Å². The molecule has 1 aliphatic carbocycles. The molecule has 0 unspecified atom stereocenters. The number of pyridine rings is 1. The standard InChI is InChI=1S/C18H20N2O3/c1-22-15-9-6-13(11-16(15)23-2)12-18(21)20(14-7-8-14)17-5-3-4-10-19-17/h3-6,9-11,14H,7-8,12H2,1-2H3. The van der Waals surface area contributed by atoms with Gasteiger partial charge in [-0.3, -0.25) is 9.69 Å². The van der Waals surface area contributed by atoms with Gasteiger partial charge in [-0.2, -0.15) is 0 Å². The van der Waals surface area contributed by atoms with E-state index in [2.05, 4.69) is 4.98 Å². The van der Waals surface area contributed by atoms with Crippen molar-refractivity contribution in [3.05, 3.63) is 48.2 Å². The molecule has 5 heteroatoms. The molecule has 3 rings (SSSR count). The van der Waals surface area contributed by atoms with Crippen molar-refractivity contribution in [1.29, 1.82) is 0 Å². The lowest BCUT2D eigenvalue weighted by atomic mass is 10.1. The number of hydrogen-bond donors (Lipinski definition) is 0. The molecule has 1 saturated carbocycles. The van der Waals surface area contributed by atoms with Gasteiger partial charge >= 0.3 is 0 Å². The average molecular weight is 312 g/mol. The Bertz CT molecular complexity index is 684. The van der Waals surface area contributed by atoms with E-state index in [4.69, 9.17) is 9.47 Å². The molecule has 23 heavy (non-hydrogen) atoms. The van der Waals surface area contributed by atoms with Crippen molar-refractivity contribution in [3.8, 4) is 11.5 Å². The topological polar surface area (TPSA) is 51.7 Å². The number of rotatable bonds is 6. The van der Waals surface area contributed by atoms with Gasteiger partial charge in [0.15, 0.2) is 11.5 Å². The molecule has 1 aliphatic rings. The molecule has 5 nitrogen and oxygen atoms in total. The quantitative estimate of drug-likeness (QED) is 0.823. The molecule has 0 saturated heterocycles. The number of carbonyl (C=O) groups is 1. The molecule has 1 fully saturated rings. The first kappa shape index (κ1) is 15.3. The summed E-state index contributed by atoms with van der Waals surface area (Å²) in [5.41, 5.74) is 0.897. The van der Waals surface area contributed by atoms with Gasteiger partial charge in [0.1, 0.15) is 5.82 Å². The average Bonchev–Trinajstić information content (AvgIpc) is 3.40. The Labute approximate surface area is 135 Å². The summed E-state index contributed by atoms with van der Waals surface area (Å²) in [4.78, 5) is 18.9. The number of methoxy groups -OCH3 is 2. The number of amides is 1. The van der Waals surface area contributed by atoms with E-state index >= 15 is 0 Å². The first-order valence-electron chi connectivity index (χ1n) is 7.67. The van der Waals surface area contributed by atoms with Crippen molar-refractivity contribution >= 4 is 11.7 Å². The van der Waals surface area contributed by atoms with Crippen LogP contribution in [0.15, 0.2) is 42.6 Å². The predicted molar refractivity (Wildman–Crippen MR) is 88.0 cm³/mol. The summed E-state index contributed by atoms with van der Waals surface area (Å²) < 4.78 is 10.5. The molecule has 1 aromatic heterocycles. The maximum absolute atomic E-state index is 12.8. The summed E-state index contributed by atoms with van der Waals surface area (Å²) in [5.74, 6) is 2.07. The van der Waals surface area contributed by atoms with E-state index in [0.29, 0.717) is 17.9 Å². The van der Waals surface area contributed by atoms with E-state index in [-0.39, 0.29) is 11.9 Å². The molecule has 0 bridgehead atoms. The second-order valence-electron chi connectivity index (χ2n) is 5.55. The van der Waals surface area contributed by atoms with E-state index in [0.717, 1.165) is 24.2 Å². The van der Waals surface area contributed by atoms with Crippen LogP contribution in [0.25, 0.3) is 0 Å². The van der Waals surface area contributed by atoms with Crippen LogP contribution < -0.4 is 14.4 Å². The summed E-state index contributed by atoms with van der Waals surface area (Å²) in [5, 5.41) is 0. The number of aromatic nitrogens is 1. The number of nitrogens with zero attached hydrogens (tertiary/aromatic N) is 2. The number of ether oxygens (including phenoxy) is 2. The highest BCUT2D eigenvalue weighted by Gasteiger charge is 2.34. The molecule has 120 valence electrons. The minimum Gasteiger partial charge on any atom is -0.493 e. The Hall–Kier alpha value is -2.56. The van der Waals surface area contributed by atoms with Crippen LogP contribution in [0.2, 0.25) is 0 Å². The minimum absolute atomic E-state index is 0.0541. The third kappa shape index (κ3) is 3.44. The van der Waals surface area contributed by atoms with Crippen LogP contribution in [0.4, 0.5) is 5.82 Å². The highest BCUT2D eigenvalue weighted by Crippen LogP contribution is 2.32. The van der Waals surface area contributed by atoms with E-state index in [9.17, 15) is 4.79 Å². The van der Waals surface area contributed by atoms with Crippen molar-refractivity contribution < 1.29 is 14.3 Å². The third-order valence-electron chi connectivity index (χ3n) is 3.88. The minimum atomic E-state index is 0.0541. The summed E-state index contributed by atoms with van der Waals surface area (Å²) in [7, 11) is 3.19. The summed E-state index contributed by atoms with van der Waals surface area (Å²) in [6.07, 6.45) is 4.10. The monoisotopic (exact) mass is 312 g/mol. The van der Waals surface area contributed by atoms with Gasteiger partial charge in [0.2, 0.25) is 5.91 Å². The van der Waals surface area contributed by atoms with Crippen LogP contribution in [0, 0.1) is 0 Å². The SMILES string of the molecule is COc1ccc(CC(=O)N(c2ccccn2)C2CC2)cc1OC. The molecule has 0 spiro atoms. The highest BCUT2D eigenvalue weighted by atomic mass is 16.5. The summed E-state index contributed by atoms with van der Waals surface area (Å²) in [6, 6.07) is 11.5. The van der Waals surface area contributed by atoms with Gasteiger partial charge in [0, 0.05) is 12.2 Å². The zero-order valence-electron chi connectivity index (χ0n) is 13.4. The molecule has 1 heterocycles. The maximum Gasteiger partial charge on any atom is 0.232 e. The number of hydrogen-bond acceptors (Lipinski definition) is 4. The Kier molecular flexibility index (Phi) is 4.46. The molecule has 0 N–H and O–H groups in total. The summed E-state index contributed by atoms with van der Waals surface area (Å²) >= 11 is 0. The lowest BCUT2D eigenvalue weighted by Crippen LogP contribution is -2.34. The van der Waals surface area contributed by atoms with Gasteiger partial charge < -0.3 is 9.47 Å². The predicted octanol–water partition coefficient (Wildman–Crippen LogP) is 2.84. The van der Waals surface area contributed by atoms with E-state index < -0.39 is 0 Å². The summed E-state index contributed by atoms with van der Waals surface area (Å²) in [6.45, 7) is 0. The molecule has 0 aliphatic heterocycles. The fraction of sp³-hybridized carbons (Fsp3) is 0.333. The van der Waals surface area contributed by atoms with Crippen molar-refractivity contribution in [2.24, 2.45) is 0 Å². The first-order chi connectivity index (χ1) is 11.2. The zero-order chi connectivity index (χ0) is 16.2. The Morgan fingerprint density at radius 1 is 1.17 bits per heavy atom. The molecule has 1 amide bonds. The smallest absolute Gasteiger partial charge is 0.232 e. The van der Waals surface area contributed by atoms with E-state index in [1.54, 1.807) is 20.4 Å². The highest BCUT2D eigenvalue weighted by molar-refractivity contribution is 5.95. The molecule has 1 aromatic carbocycles. The van der Waals surface area contributed by atoms with Crippen LogP contribution in [0.5, 0.6) is 11.5 Å². The fourth-order valence-electron chi connectivity index (χ4n) is 2.60. The zero-order valence-corrected chi connectivity index (χ0v) is 13.4. The normalized spacial score (nSPS) is 13.5. The van der Waals surface area contributed by atoms with Crippen LogP contribution in [0.3, 0.4) is 0 Å². The van der Waals surface area contributed by atoms with Gasteiger partial charge in [-0.1, -0.05) is 12.1 Å². The molecular formula is C18H20N2O3. The lowest BCUT2D eigenvalue weighted by molar-refractivity contribution is -0.118. The van der Waals surface area contributed by atoms with Crippen molar-refractivity contribution in [2.45, 2.75) is 25.3 Å². The van der Waals surface area contributed by atoms with Gasteiger partial charge in [0.25, 0.3) is 0 Å². The maximum atomic E-state index is 12.8. The Morgan fingerprint density at radius 2 is 1.96 bits per heavy atom. The van der Waals surface area contributed by atoms with Crippen molar-refractivity contribution in [1.82, 2.24) is 4.98 Å². The number of benzene rings is 1. The number of carbonyl (C=O) groups excluding carboxylic acids is 1. The molecule has 2 aromatic rings. The van der Waals surface area contributed by atoms with Gasteiger partial charge in [-0.25, -0.2) is 4.98 Å². The lowest BCUT2D eigenvalue weighted by Gasteiger charge is -2.21. The van der Waals surface area contributed by atoms with Gasteiger partial charge in [-0.15, -0.1) is 0 Å². The largest absolute Gasteiger partial charge is 0.493 e. The molecular weight excluding hydrogens is 292 g/mol. The van der Waals surface area contributed by atoms with Crippen LogP contribution in [0.1, 0.15) is 18.4 Å². The Balaban J connectivity index is 1.80. The second kappa shape index (κ2) is 6.69. The fourth-order valence-corrected chi connectivity index (χ4v) is 2.60. The molecule has 0 radical (unpaired) electrons. The van der Waals surface area contributed by atoms with Gasteiger partial charge in [-0.05, 0) is 42.7 Å². The van der Waals surface area contributed by atoms with Crippen LogP contribution in [-0.2, 0) is 11.2 Å².